The van der Waals surface area contributed by atoms with Gasteiger partial charge in [0.05, 0.1) is 17.8 Å². The Morgan fingerprint density at radius 3 is 2.38 bits per heavy atom. The second-order valence-electron chi connectivity index (χ2n) is 11.7. The number of carboxylic acids is 1. The van der Waals surface area contributed by atoms with Gasteiger partial charge < -0.3 is 30.3 Å². The molecule has 0 aromatic carbocycles. The van der Waals surface area contributed by atoms with Crippen LogP contribution >= 0.6 is 0 Å². The van der Waals surface area contributed by atoms with Crippen molar-refractivity contribution >= 4 is 35.2 Å². The van der Waals surface area contributed by atoms with E-state index in [1.165, 1.54) is 0 Å². The van der Waals surface area contributed by atoms with E-state index in [0.717, 1.165) is 35.6 Å². The standard InChI is InChI=1S/C30H38N8O4/c1-30(2,3)42-29(41)38-14-12-37(13-15-38)27-16-21(8-9-33-27)24-17-23(34-22-6-4-20(5-7-22)28(39)40)18-25(35-24)36-26-19-31-10-11-32-26/h8-11,16-20,22H,4-7,12-15H2,1-3H3,(H,39,40)(H2,32,34,35,36). The molecule has 0 spiro atoms. The molecule has 5 rings (SSSR count). The van der Waals surface area contributed by atoms with Crippen molar-refractivity contribution in [3.63, 3.8) is 0 Å². The summed E-state index contributed by atoms with van der Waals surface area (Å²) in [5.41, 5.74) is 2.00. The summed E-state index contributed by atoms with van der Waals surface area (Å²) in [4.78, 5) is 45.7. The van der Waals surface area contributed by atoms with Gasteiger partial charge in [-0.3, -0.25) is 9.78 Å². The summed E-state index contributed by atoms with van der Waals surface area (Å²) in [5, 5.41) is 16.2. The lowest BCUT2D eigenvalue weighted by molar-refractivity contribution is -0.142. The van der Waals surface area contributed by atoms with E-state index in [2.05, 4.69) is 30.5 Å². The molecule has 0 unspecified atom stereocenters. The fraction of sp³-hybridized carbons (Fsp3) is 0.467. The number of hydrogen-bond acceptors (Lipinski definition) is 10. The number of anilines is 4. The van der Waals surface area contributed by atoms with Gasteiger partial charge >= 0.3 is 12.1 Å². The van der Waals surface area contributed by atoms with Crippen molar-refractivity contribution in [3.05, 3.63) is 49.1 Å². The summed E-state index contributed by atoms with van der Waals surface area (Å²) in [6.45, 7) is 7.99. The van der Waals surface area contributed by atoms with Crippen LogP contribution in [-0.2, 0) is 9.53 Å². The molecule has 1 saturated carbocycles. The van der Waals surface area contributed by atoms with E-state index >= 15 is 0 Å². The SMILES string of the molecule is CC(C)(C)OC(=O)N1CCN(c2cc(-c3cc(NC4CCC(C(=O)O)CC4)cc(Nc4cnccn4)n3)ccn2)CC1. The number of piperazine rings is 1. The number of nitrogens with zero attached hydrogens (tertiary/aromatic N) is 6. The van der Waals surface area contributed by atoms with E-state index in [4.69, 9.17) is 9.72 Å². The Kier molecular flexibility index (Phi) is 8.69. The van der Waals surface area contributed by atoms with E-state index < -0.39 is 11.6 Å². The number of aliphatic carboxylic acids is 1. The van der Waals surface area contributed by atoms with Gasteiger partial charge in [0.1, 0.15) is 23.1 Å². The Bertz CT molecular complexity index is 1380. The number of hydrogen-bond donors (Lipinski definition) is 3. The van der Waals surface area contributed by atoms with Crippen LogP contribution in [0, 0.1) is 5.92 Å². The van der Waals surface area contributed by atoms with Crippen molar-refractivity contribution < 1.29 is 19.4 Å². The molecule has 1 amide bonds. The number of carbonyl (C=O) groups excluding carboxylic acids is 1. The van der Waals surface area contributed by atoms with Crippen LogP contribution in [0.2, 0.25) is 0 Å². The first-order valence-corrected chi connectivity index (χ1v) is 14.4. The summed E-state index contributed by atoms with van der Waals surface area (Å²) in [7, 11) is 0. The molecular formula is C30H38N8O4. The first-order chi connectivity index (χ1) is 20.1. The van der Waals surface area contributed by atoms with Crippen LogP contribution in [0.5, 0.6) is 0 Å². The highest BCUT2D eigenvalue weighted by Gasteiger charge is 2.27. The molecule has 0 radical (unpaired) electrons. The predicted molar refractivity (Wildman–Crippen MR) is 160 cm³/mol. The molecule has 4 heterocycles. The highest BCUT2D eigenvalue weighted by Crippen LogP contribution is 2.31. The first kappa shape index (κ1) is 29.0. The maximum atomic E-state index is 12.5. The maximum Gasteiger partial charge on any atom is 0.410 e. The van der Waals surface area contributed by atoms with E-state index in [1.54, 1.807) is 29.7 Å². The van der Waals surface area contributed by atoms with Crippen LogP contribution in [0.3, 0.4) is 0 Å². The lowest BCUT2D eigenvalue weighted by Crippen LogP contribution is -2.50. The molecule has 1 aliphatic heterocycles. The predicted octanol–water partition coefficient (Wildman–Crippen LogP) is 4.79. The molecule has 0 bridgehead atoms. The third kappa shape index (κ3) is 7.62. The number of nitrogens with one attached hydrogen (secondary N) is 2. The van der Waals surface area contributed by atoms with Crippen molar-refractivity contribution in [1.29, 1.82) is 0 Å². The highest BCUT2D eigenvalue weighted by atomic mass is 16.6. The smallest absolute Gasteiger partial charge is 0.410 e. The molecule has 2 fully saturated rings. The molecule has 222 valence electrons. The normalized spacial score (nSPS) is 19.2. The second-order valence-corrected chi connectivity index (χ2v) is 11.7. The largest absolute Gasteiger partial charge is 0.481 e. The van der Waals surface area contributed by atoms with Crippen LogP contribution in [0.15, 0.2) is 49.1 Å². The fourth-order valence-corrected chi connectivity index (χ4v) is 5.24. The van der Waals surface area contributed by atoms with Crippen molar-refractivity contribution in [2.75, 3.05) is 41.7 Å². The van der Waals surface area contributed by atoms with Gasteiger partial charge in [-0.2, -0.15) is 0 Å². The second kappa shape index (κ2) is 12.6. The van der Waals surface area contributed by atoms with Gasteiger partial charge in [-0.15, -0.1) is 0 Å². The Labute approximate surface area is 245 Å². The minimum atomic E-state index is -0.713. The zero-order valence-electron chi connectivity index (χ0n) is 24.3. The average molecular weight is 575 g/mol. The van der Waals surface area contributed by atoms with E-state index in [-0.39, 0.29) is 18.1 Å². The zero-order valence-corrected chi connectivity index (χ0v) is 24.3. The van der Waals surface area contributed by atoms with Crippen molar-refractivity contribution in [2.45, 2.75) is 58.1 Å². The summed E-state index contributed by atoms with van der Waals surface area (Å²) in [6.07, 6.45) is 9.23. The lowest BCUT2D eigenvalue weighted by Gasteiger charge is -2.36. The first-order valence-electron chi connectivity index (χ1n) is 14.4. The fourth-order valence-electron chi connectivity index (χ4n) is 5.24. The molecule has 3 aromatic heterocycles. The molecule has 3 aromatic rings. The van der Waals surface area contributed by atoms with Gasteiger partial charge in [-0.05, 0) is 64.7 Å². The highest BCUT2D eigenvalue weighted by molar-refractivity contribution is 5.72. The molecule has 12 nitrogen and oxygen atoms in total. The minimum Gasteiger partial charge on any atom is -0.481 e. The van der Waals surface area contributed by atoms with Gasteiger partial charge in [-0.1, -0.05) is 0 Å². The molecular weight excluding hydrogens is 536 g/mol. The van der Waals surface area contributed by atoms with Crippen molar-refractivity contribution in [3.8, 4) is 11.3 Å². The van der Waals surface area contributed by atoms with Gasteiger partial charge in [0.25, 0.3) is 0 Å². The van der Waals surface area contributed by atoms with Crippen LogP contribution < -0.4 is 15.5 Å². The van der Waals surface area contributed by atoms with Crippen LogP contribution in [-0.4, -0.2) is 79.8 Å². The van der Waals surface area contributed by atoms with Crippen LogP contribution in [0.4, 0.5) is 27.9 Å². The number of carbonyl (C=O) groups is 2. The number of ether oxygens (including phenoxy) is 1. The third-order valence-electron chi connectivity index (χ3n) is 7.39. The molecule has 42 heavy (non-hydrogen) atoms. The van der Waals surface area contributed by atoms with Gasteiger partial charge in [0, 0.05) is 68.1 Å². The third-order valence-corrected chi connectivity index (χ3v) is 7.39. The van der Waals surface area contributed by atoms with E-state index in [0.29, 0.717) is 50.7 Å². The summed E-state index contributed by atoms with van der Waals surface area (Å²) < 4.78 is 5.53. The van der Waals surface area contributed by atoms with Crippen LogP contribution in [0.1, 0.15) is 46.5 Å². The number of pyridine rings is 2. The Morgan fingerprint density at radius 2 is 1.71 bits per heavy atom. The van der Waals surface area contributed by atoms with Crippen molar-refractivity contribution in [2.24, 2.45) is 5.92 Å². The number of amides is 1. The maximum absolute atomic E-state index is 12.5. The van der Waals surface area contributed by atoms with Gasteiger partial charge in [0.2, 0.25) is 0 Å². The van der Waals surface area contributed by atoms with Crippen LogP contribution in [0.25, 0.3) is 11.3 Å². The van der Waals surface area contributed by atoms with E-state index in [1.807, 2.05) is 45.0 Å². The van der Waals surface area contributed by atoms with E-state index in [9.17, 15) is 14.7 Å². The van der Waals surface area contributed by atoms with Crippen molar-refractivity contribution in [1.82, 2.24) is 24.8 Å². The molecule has 1 aliphatic carbocycles. The zero-order chi connectivity index (χ0) is 29.7. The number of aromatic nitrogens is 4. The Hall–Kier alpha value is -4.48. The summed E-state index contributed by atoms with van der Waals surface area (Å²) in [6, 6.07) is 8.05. The molecule has 3 N–H and O–H groups in total. The van der Waals surface area contributed by atoms with Gasteiger partial charge in [-0.25, -0.2) is 19.7 Å². The molecule has 1 saturated heterocycles. The number of rotatable bonds is 7. The lowest BCUT2D eigenvalue weighted by atomic mass is 9.86. The average Bonchev–Trinajstić information content (AvgIpc) is 2.97. The Balaban J connectivity index is 1.34. The summed E-state index contributed by atoms with van der Waals surface area (Å²) in [5.74, 6) is 1.01. The number of carboxylic acid groups (broad SMARTS) is 1. The minimum absolute atomic E-state index is 0.175. The molecule has 0 atom stereocenters. The summed E-state index contributed by atoms with van der Waals surface area (Å²) >= 11 is 0. The molecule has 12 heteroatoms. The topological polar surface area (TPSA) is 146 Å². The quantitative estimate of drug-likeness (QED) is 0.358. The molecule has 2 aliphatic rings. The van der Waals surface area contributed by atoms with Gasteiger partial charge in [0.15, 0.2) is 0 Å². The monoisotopic (exact) mass is 574 g/mol. The Morgan fingerprint density at radius 1 is 0.952 bits per heavy atom.